The summed E-state index contributed by atoms with van der Waals surface area (Å²) in [6.07, 6.45) is 3.34. The number of aryl methyl sites for hydroxylation is 4. The van der Waals surface area contributed by atoms with E-state index in [-0.39, 0.29) is 5.91 Å². The Kier molecular flexibility index (Phi) is 6.09. The number of rotatable bonds is 6. The monoisotopic (exact) mass is 444 g/mol. The number of hydrogen-bond donors (Lipinski definition) is 1. The van der Waals surface area contributed by atoms with Crippen LogP contribution in [0.15, 0.2) is 51.6 Å². The number of nitrogens with zero attached hydrogens (tertiary/aromatic N) is 1. The highest BCUT2D eigenvalue weighted by atomic mass is 16.5. The lowest BCUT2D eigenvalue weighted by atomic mass is 9.94. The SMILES string of the molecule is CCOc1c(/C(C)=C/C(=O)Nc2cc(C)on2)cc2c(-c3ccc(C)cc3C)coc2c1C. The maximum Gasteiger partial charge on any atom is 0.249 e. The van der Waals surface area contributed by atoms with Crippen LogP contribution >= 0.6 is 0 Å². The summed E-state index contributed by atoms with van der Waals surface area (Å²) in [6.45, 7) is 12.3. The first-order valence-corrected chi connectivity index (χ1v) is 11.0. The van der Waals surface area contributed by atoms with Gasteiger partial charge >= 0.3 is 0 Å². The van der Waals surface area contributed by atoms with Gasteiger partial charge in [0.1, 0.15) is 17.1 Å². The van der Waals surface area contributed by atoms with Crippen molar-refractivity contribution in [1.82, 2.24) is 5.16 Å². The smallest absolute Gasteiger partial charge is 0.249 e. The van der Waals surface area contributed by atoms with Crippen LogP contribution in [-0.2, 0) is 4.79 Å². The Hall–Kier alpha value is -3.80. The molecule has 2 aromatic heterocycles. The molecule has 0 spiro atoms. The zero-order valence-corrected chi connectivity index (χ0v) is 19.8. The van der Waals surface area contributed by atoms with Crippen LogP contribution in [0.2, 0.25) is 0 Å². The molecule has 170 valence electrons. The van der Waals surface area contributed by atoms with Crippen molar-refractivity contribution in [2.24, 2.45) is 0 Å². The lowest BCUT2D eigenvalue weighted by Crippen LogP contribution is -2.09. The zero-order valence-electron chi connectivity index (χ0n) is 19.8. The van der Waals surface area contributed by atoms with Gasteiger partial charge in [-0.15, -0.1) is 0 Å². The highest BCUT2D eigenvalue weighted by Gasteiger charge is 2.20. The predicted molar refractivity (Wildman–Crippen MR) is 131 cm³/mol. The maximum atomic E-state index is 12.6. The van der Waals surface area contributed by atoms with Gasteiger partial charge in [0.15, 0.2) is 5.82 Å². The minimum atomic E-state index is -0.289. The van der Waals surface area contributed by atoms with E-state index in [9.17, 15) is 4.79 Å². The second kappa shape index (κ2) is 8.98. The van der Waals surface area contributed by atoms with E-state index in [1.807, 2.05) is 26.8 Å². The summed E-state index contributed by atoms with van der Waals surface area (Å²) in [6, 6.07) is 10.1. The second-order valence-corrected chi connectivity index (χ2v) is 8.30. The number of fused-ring (bicyclic) bond motifs is 1. The van der Waals surface area contributed by atoms with Gasteiger partial charge in [-0.2, -0.15) is 0 Å². The van der Waals surface area contributed by atoms with Crippen LogP contribution < -0.4 is 10.1 Å². The number of ether oxygens (including phenoxy) is 1. The highest BCUT2D eigenvalue weighted by Crippen LogP contribution is 2.41. The summed E-state index contributed by atoms with van der Waals surface area (Å²) >= 11 is 0. The van der Waals surface area contributed by atoms with Gasteiger partial charge in [-0.3, -0.25) is 4.79 Å². The lowest BCUT2D eigenvalue weighted by molar-refractivity contribution is -0.111. The van der Waals surface area contributed by atoms with E-state index >= 15 is 0 Å². The Morgan fingerprint density at radius 3 is 2.58 bits per heavy atom. The number of furan rings is 1. The fourth-order valence-corrected chi connectivity index (χ4v) is 4.13. The molecule has 0 saturated carbocycles. The van der Waals surface area contributed by atoms with E-state index in [1.165, 1.54) is 11.1 Å². The molecule has 0 saturated heterocycles. The Bertz CT molecular complexity index is 1370. The largest absolute Gasteiger partial charge is 0.493 e. The first-order chi connectivity index (χ1) is 15.8. The fourth-order valence-electron chi connectivity index (χ4n) is 4.13. The first-order valence-electron chi connectivity index (χ1n) is 11.0. The number of nitrogens with one attached hydrogen (secondary N) is 1. The predicted octanol–water partition coefficient (Wildman–Crippen LogP) is 6.76. The molecule has 2 heterocycles. The number of aromatic nitrogens is 1. The van der Waals surface area contributed by atoms with Crippen LogP contribution in [-0.4, -0.2) is 17.7 Å². The molecule has 0 atom stereocenters. The minimum absolute atomic E-state index is 0.289. The molecular formula is C27H28N2O4. The number of carbonyl (C=O) groups excluding carboxylic acids is 1. The molecule has 0 aliphatic heterocycles. The number of anilines is 1. The quantitative estimate of drug-likeness (QED) is 0.332. The third-order valence-electron chi connectivity index (χ3n) is 5.66. The fraction of sp³-hybridized carbons (Fsp3) is 0.259. The molecule has 0 unspecified atom stereocenters. The number of carbonyl (C=O) groups is 1. The molecule has 1 amide bonds. The van der Waals surface area contributed by atoms with Crippen molar-refractivity contribution in [2.75, 3.05) is 11.9 Å². The molecule has 6 heteroatoms. The molecule has 1 N–H and O–H groups in total. The van der Waals surface area contributed by atoms with E-state index in [1.54, 1.807) is 25.3 Å². The standard InChI is InChI=1S/C27H28N2O4/c1-7-31-26-19(6)27-22(23(14-32-27)20-9-8-15(2)10-16(20)3)13-21(26)17(4)11-25(30)28-24-12-18(5)33-29-24/h8-14H,7H2,1-6H3,(H,28,29,30)/b17-11+. The molecule has 0 radical (unpaired) electrons. The van der Waals surface area contributed by atoms with Gasteiger partial charge in [-0.05, 0) is 64.3 Å². The third-order valence-corrected chi connectivity index (χ3v) is 5.66. The number of allylic oxidation sites excluding steroid dienone is 1. The van der Waals surface area contributed by atoms with Crippen molar-refractivity contribution in [3.8, 4) is 16.9 Å². The van der Waals surface area contributed by atoms with Gasteiger partial charge in [0.25, 0.3) is 0 Å². The molecule has 33 heavy (non-hydrogen) atoms. The van der Waals surface area contributed by atoms with E-state index in [0.717, 1.165) is 38.8 Å². The summed E-state index contributed by atoms with van der Waals surface area (Å²) in [4.78, 5) is 12.6. The zero-order chi connectivity index (χ0) is 23.7. The van der Waals surface area contributed by atoms with Crippen LogP contribution in [0, 0.1) is 27.7 Å². The molecule has 0 aliphatic carbocycles. The average Bonchev–Trinajstić information content (AvgIpc) is 3.36. The van der Waals surface area contributed by atoms with E-state index < -0.39 is 0 Å². The van der Waals surface area contributed by atoms with Gasteiger partial charge in [0.2, 0.25) is 5.91 Å². The van der Waals surface area contributed by atoms with Gasteiger partial charge in [0.05, 0.1) is 12.9 Å². The van der Waals surface area contributed by atoms with E-state index in [2.05, 4.69) is 42.5 Å². The van der Waals surface area contributed by atoms with E-state index in [0.29, 0.717) is 23.9 Å². The molecular weight excluding hydrogens is 416 g/mol. The van der Waals surface area contributed by atoms with E-state index in [4.69, 9.17) is 13.7 Å². The lowest BCUT2D eigenvalue weighted by Gasteiger charge is -2.15. The summed E-state index contributed by atoms with van der Waals surface area (Å²) in [5, 5.41) is 7.53. The van der Waals surface area contributed by atoms with Gasteiger partial charge < -0.3 is 19.0 Å². The summed E-state index contributed by atoms with van der Waals surface area (Å²) in [7, 11) is 0. The van der Waals surface area contributed by atoms with Crippen molar-refractivity contribution < 1.29 is 18.5 Å². The van der Waals surface area contributed by atoms with Crippen molar-refractivity contribution in [1.29, 1.82) is 0 Å². The Morgan fingerprint density at radius 1 is 1.12 bits per heavy atom. The molecule has 0 aliphatic rings. The van der Waals surface area contributed by atoms with Crippen molar-refractivity contribution in [2.45, 2.75) is 41.5 Å². The van der Waals surface area contributed by atoms with Crippen molar-refractivity contribution >= 4 is 28.3 Å². The van der Waals surface area contributed by atoms with Crippen molar-refractivity contribution in [3.05, 3.63) is 70.7 Å². The Morgan fingerprint density at radius 2 is 1.91 bits per heavy atom. The molecule has 4 rings (SSSR count). The maximum absolute atomic E-state index is 12.6. The molecule has 0 fully saturated rings. The topological polar surface area (TPSA) is 77.5 Å². The summed E-state index contributed by atoms with van der Waals surface area (Å²) in [5.41, 5.74) is 7.84. The van der Waals surface area contributed by atoms with Crippen LogP contribution in [0.5, 0.6) is 5.75 Å². The van der Waals surface area contributed by atoms with Gasteiger partial charge in [0, 0.05) is 34.2 Å². The minimum Gasteiger partial charge on any atom is -0.493 e. The van der Waals surface area contributed by atoms with Crippen LogP contribution in [0.3, 0.4) is 0 Å². The molecule has 6 nitrogen and oxygen atoms in total. The number of amides is 1. The number of hydrogen-bond acceptors (Lipinski definition) is 5. The second-order valence-electron chi connectivity index (χ2n) is 8.30. The Labute approximate surface area is 193 Å². The van der Waals surface area contributed by atoms with Gasteiger partial charge in [-0.25, -0.2) is 0 Å². The van der Waals surface area contributed by atoms with Crippen LogP contribution in [0.1, 0.15) is 41.9 Å². The summed E-state index contributed by atoms with van der Waals surface area (Å²) < 4.78 is 17.0. The summed E-state index contributed by atoms with van der Waals surface area (Å²) in [5.74, 6) is 1.43. The molecule has 2 aromatic carbocycles. The average molecular weight is 445 g/mol. The number of benzene rings is 2. The molecule has 0 bridgehead atoms. The normalized spacial score (nSPS) is 11.8. The first kappa shape index (κ1) is 22.4. The van der Waals surface area contributed by atoms with Crippen molar-refractivity contribution in [3.63, 3.8) is 0 Å². The Balaban J connectivity index is 1.82. The van der Waals surface area contributed by atoms with Crippen LogP contribution in [0.4, 0.5) is 5.82 Å². The third kappa shape index (κ3) is 4.42. The van der Waals surface area contributed by atoms with Crippen LogP contribution in [0.25, 0.3) is 27.7 Å². The van der Waals surface area contributed by atoms with Gasteiger partial charge in [-0.1, -0.05) is 28.9 Å². The highest BCUT2D eigenvalue weighted by molar-refractivity contribution is 6.05. The molecule has 4 aromatic rings.